The minimum Gasteiger partial charge on any atom is -0.333 e. The maximum atomic E-state index is 13.3. The highest BCUT2D eigenvalue weighted by Crippen LogP contribution is 2.44. The third-order valence-corrected chi connectivity index (χ3v) is 6.63. The number of rotatable bonds is 3. The Morgan fingerprint density at radius 2 is 1.96 bits per heavy atom. The minimum absolute atomic E-state index is 0.131. The molecule has 4 nitrogen and oxygen atoms in total. The van der Waals surface area contributed by atoms with E-state index in [0.717, 1.165) is 28.3 Å². The molecule has 0 saturated carbocycles. The first-order valence-corrected chi connectivity index (χ1v) is 10.8. The molecule has 1 aromatic heterocycles. The third-order valence-electron chi connectivity index (χ3n) is 5.78. The van der Waals surface area contributed by atoms with E-state index in [1.54, 1.807) is 0 Å². The van der Waals surface area contributed by atoms with Gasteiger partial charge in [0, 0.05) is 11.2 Å². The molecule has 1 amide bonds. The van der Waals surface area contributed by atoms with Crippen molar-refractivity contribution in [2.45, 2.75) is 57.7 Å². The van der Waals surface area contributed by atoms with Crippen molar-refractivity contribution in [1.82, 2.24) is 9.97 Å². The van der Waals surface area contributed by atoms with Gasteiger partial charge in [0.2, 0.25) is 5.91 Å². The number of carbonyl (C=O) groups excluding carboxylic acids is 1. The molecule has 1 atom stereocenters. The molecule has 4 rings (SSSR count). The number of hydrogen-bond acceptors (Lipinski definition) is 3. The molecule has 0 unspecified atom stereocenters. The summed E-state index contributed by atoms with van der Waals surface area (Å²) >= 11 is 1.47. The Bertz CT molecular complexity index is 1020. The van der Waals surface area contributed by atoms with E-state index in [1.807, 2.05) is 29.2 Å². The molecule has 5 heteroatoms. The number of H-pyrrole nitrogens is 1. The molecule has 0 spiro atoms. The highest BCUT2D eigenvalue weighted by atomic mass is 32.2. The van der Waals surface area contributed by atoms with Gasteiger partial charge in [-0.25, -0.2) is 4.98 Å². The van der Waals surface area contributed by atoms with Crippen LogP contribution in [-0.2, 0) is 4.79 Å². The number of imidazole rings is 1. The van der Waals surface area contributed by atoms with E-state index in [-0.39, 0.29) is 11.4 Å². The fourth-order valence-electron chi connectivity index (χ4n) is 4.35. The lowest BCUT2D eigenvalue weighted by Gasteiger charge is -2.46. The zero-order chi connectivity index (χ0) is 20.1. The van der Waals surface area contributed by atoms with Crippen LogP contribution in [0.3, 0.4) is 0 Å². The molecule has 28 heavy (non-hydrogen) atoms. The van der Waals surface area contributed by atoms with Gasteiger partial charge in [0.1, 0.15) is 0 Å². The first kappa shape index (κ1) is 19.1. The second-order valence-electron chi connectivity index (χ2n) is 8.49. The van der Waals surface area contributed by atoms with E-state index in [0.29, 0.717) is 11.7 Å². The monoisotopic (exact) mass is 393 g/mol. The summed E-state index contributed by atoms with van der Waals surface area (Å²) in [5.74, 6) is 0.938. The third kappa shape index (κ3) is 3.32. The number of nitrogens with zero attached hydrogens (tertiary/aromatic N) is 2. The Morgan fingerprint density at radius 3 is 2.71 bits per heavy atom. The van der Waals surface area contributed by atoms with Gasteiger partial charge in [0.05, 0.1) is 16.8 Å². The van der Waals surface area contributed by atoms with Crippen LogP contribution < -0.4 is 4.90 Å². The number of nitrogens with one attached hydrogen (secondary N) is 1. The van der Waals surface area contributed by atoms with E-state index in [9.17, 15) is 4.79 Å². The number of anilines is 1. The van der Waals surface area contributed by atoms with Crippen molar-refractivity contribution in [3.8, 4) is 0 Å². The average Bonchev–Trinajstić information content (AvgIpc) is 3.04. The quantitative estimate of drug-likeness (QED) is 0.590. The lowest BCUT2D eigenvalue weighted by Crippen LogP contribution is -2.52. The fourth-order valence-corrected chi connectivity index (χ4v) is 5.09. The van der Waals surface area contributed by atoms with Crippen LogP contribution in [0.1, 0.15) is 49.8 Å². The highest BCUT2D eigenvalue weighted by Gasteiger charge is 2.40. The van der Waals surface area contributed by atoms with Crippen molar-refractivity contribution < 1.29 is 4.79 Å². The van der Waals surface area contributed by atoms with Crippen molar-refractivity contribution in [2.75, 3.05) is 10.7 Å². The van der Waals surface area contributed by atoms with Crippen LogP contribution in [-0.4, -0.2) is 27.2 Å². The van der Waals surface area contributed by atoms with Crippen LogP contribution >= 0.6 is 11.8 Å². The second-order valence-corrected chi connectivity index (χ2v) is 9.45. The van der Waals surface area contributed by atoms with Gasteiger partial charge in [0.25, 0.3) is 0 Å². The highest BCUT2D eigenvalue weighted by molar-refractivity contribution is 7.99. The molecule has 2 heterocycles. The molecule has 0 fully saturated rings. The molecule has 3 aromatic rings. The van der Waals surface area contributed by atoms with Crippen molar-refractivity contribution in [1.29, 1.82) is 0 Å². The summed E-state index contributed by atoms with van der Waals surface area (Å²) < 4.78 is 0. The Kier molecular flexibility index (Phi) is 4.74. The summed E-state index contributed by atoms with van der Waals surface area (Å²) in [6, 6.07) is 12.4. The number of thioether (sulfide) groups is 1. The number of para-hydroxylation sites is 2. The molecule has 2 aromatic carbocycles. The largest absolute Gasteiger partial charge is 0.333 e. The van der Waals surface area contributed by atoms with E-state index < -0.39 is 0 Å². The second kappa shape index (κ2) is 6.96. The Labute approximate surface area is 170 Å². The van der Waals surface area contributed by atoms with E-state index in [4.69, 9.17) is 0 Å². The topological polar surface area (TPSA) is 49.0 Å². The number of aromatic nitrogens is 2. The number of fused-ring (bicyclic) bond motifs is 2. The van der Waals surface area contributed by atoms with Gasteiger partial charge in [-0.05, 0) is 74.9 Å². The molecule has 146 valence electrons. The lowest BCUT2D eigenvalue weighted by atomic mass is 9.79. The number of aromatic amines is 1. The predicted octanol–water partition coefficient (Wildman–Crippen LogP) is 5.59. The maximum Gasteiger partial charge on any atom is 0.237 e. The molecule has 0 radical (unpaired) electrons. The van der Waals surface area contributed by atoms with Gasteiger partial charge in [-0.3, -0.25) is 4.79 Å². The van der Waals surface area contributed by atoms with Crippen molar-refractivity contribution in [3.05, 3.63) is 53.1 Å². The van der Waals surface area contributed by atoms with Crippen LogP contribution in [0, 0.1) is 13.8 Å². The lowest BCUT2D eigenvalue weighted by molar-refractivity contribution is -0.117. The van der Waals surface area contributed by atoms with Crippen molar-refractivity contribution in [2.24, 2.45) is 0 Å². The van der Waals surface area contributed by atoms with Crippen LogP contribution in [0.4, 0.5) is 5.69 Å². The molecular formula is C23H27N3OS. The Morgan fingerprint density at radius 1 is 1.25 bits per heavy atom. The maximum absolute atomic E-state index is 13.3. The molecule has 1 aliphatic rings. The number of benzene rings is 2. The zero-order valence-corrected chi connectivity index (χ0v) is 18.0. The summed E-state index contributed by atoms with van der Waals surface area (Å²) in [7, 11) is 0. The fraction of sp³-hybridized carbons (Fsp3) is 0.391. The van der Waals surface area contributed by atoms with Crippen LogP contribution in [0.2, 0.25) is 0 Å². The van der Waals surface area contributed by atoms with Crippen molar-refractivity contribution >= 4 is 34.4 Å². The SMILES string of the molecule is Cc1cc2c(cc1C)N(C(=O)CSc1nc3ccccc3[nH]1)C(C)(C)C[C@@H]2C. The molecule has 1 N–H and O–H groups in total. The Hall–Kier alpha value is -2.27. The minimum atomic E-state index is -0.209. The van der Waals surface area contributed by atoms with E-state index in [2.05, 4.69) is 56.7 Å². The molecule has 1 aliphatic heterocycles. The standard InChI is InChI=1S/C23H27N3OS/c1-14-10-17-16(3)12-23(4,5)26(20(17)11-15(14)2)21(27)13-28-22-24-18-8-6-7-9-19(18)25-22/h6-11,16H,12-13H2,1-5H3,(H,24,25)/t16-/m0/s1. The number of hydrogen-bond donors (Lipinski definition) is 1. The Balaban J connectivity index is 1.62. The van der Waals surface area contributed by atoms with E-state index >= 15 is 0 Å². The average molecular weight is 394 g/mol. The van der Waals surface area contributed by atoms with Crippen LogP contribution in [0.25, 0.3) is 11.0 Å². The number of carbonyl (C=O) groups is 1. The van der Waals surface area contributed by atoms with Gasteiger partial charge in [-0.2, -0.15) is 0 Å². The first-order chi connectivity index (χ1) is 13.3. The van der Waals surface area contributed by atoms with Crippen molar-refractivity contribution in [3.63, 3.8) is 0 Å². The summed E-state index contributed by atoms with van der Waals surface area (Å²) in [6.45, 7) is 10.9. The van der Waals surface area contributed by atoms with Crippen LogP contribution in [0.15, 0.2) is 41.6 Å². The number of amides is 1. The van der Waals surface area contributed by atoms with Crippen LogP contribution in [0.5, 0.6) is 0 Å². The van der Waals surface area contributed by atoms with Gasteiger partial charge in [-0.1, -0.05) is 36.9 Å². The van der Waals surface area contributed by atoms with Gasteiger partial charge < -0.3 is 9.88 Å². The number of aryl methyl sites for hydroxylation is 2. The van der Waals surface area contributed by atoms with Gasteiger partial charge in [0.15, 0.2) is 5.16 Å². The smallest absolute Gasteiger partial charge is 0.237 e. The normalized spacial score (nSPS) is 18.3. The summed E-state index contributed by atoms with van der Waals surface area (Å²) in [5, 5.41) is 0.790. The summed E-state index contributed by atoms with van der Waals surface area (Å²) in [4.78, 5) is 23.2. The molecule has 0 bridgehead atoms. The summed E-state index contributed by atoms with van der Waals surface area (Å²) in [5.41, 5.74) is 6.59. The molecule has 0 saturated heterocycles. The van der Waals surface area contributed by atoms with Gasteiger partial charge in [-0.15, -0.1) is 0 Å². The molecular weight excluding hydrogens is 366 g/mol. The first-order valence-electron chi connectivity index (χ1n) is 9.78. The summed E-state index contributed by atoms with van der Waals surface area (Å²) in [6.07, 6.45) is 0.962. The molecule has 0 aliphatic carbocycles. The van der Waals surface area contributed by atoms with E-state index in [1.165, 1.54) is 28.5 Å². The van der Waals surface area contributed by atoms with Gasteiger partial charge >= 0.3 is 0 Å². The zero-order valence-electron chi connectivity index (χ0n) is 17.2. The predicted molar refractivity (Wildman–Crippen MR) is 117 cm³/mol.